The molecule has 6 nitrogen and oxygen atoms in total. The summed E-state index contributed by atoms with van der Waals surface area (Å²) in [6, 6.07) is 10.9. The molecule has 3 heterocycles. The summed E-state index contributed by atoms with van der Waals surface area (Å²) in [5.41, 5.74) is 0.613. The Balaban J connectivity index is 1.39. The SMILES string of the molecule is O=C(Nc1cccc(Cl)c1)c1nnc([C@@H]2CCCN(C(=O)Cc3cccs3)C2)s1. The van der Waals surface area contributed by atoms with Gasteiger partial charge in [-0.2, -0.15) is 0 Å². The Hall–Kier alpha value is -2.29. The van der Waals surface area contributed by atoms with Crippen LogP contribution in [0.15, 0.2) is 41.8 Å². The Bertz CT molecular complexity index is 1010. The first-order valence-corrected chi connectivity index (χ1v) is 11.4. The number of benzene rings is 1. The summed E-state index contributed by atoms with van der Waals surface area (Å²) in [7, 11) is 0. The number of carbonyl (C=O) groups excluding carboxylic acids is 2. The Labute approximate surface area is 181 Å². The number of nitrogens with one attached hydrogen (secondary N) is 1. The third-order valence-corrected chi connectivity index (χ3v) is 6.94. The fourth-order valence-corrected chi connectivity index (χ4v) is 5.07. The second-order valence-electron chi connectivity index (χ2n) is 6.84. The largest absolute Gasteiger partial charge is 0.342 e. The number of hydrogen-bond donors (Lipinski definition) is 1. The van der Waals surface area contributed by atoms with Crippen LogP contribution in [0.3, 0.4) is 0 Å². The minimum atomic E-state index is -0.308. The number of carbonyl (C=O) groups is 2. The Morgan fingerprint density at radius 1 is 1.24 bits per heavy atom. The van der Waals surface area contributed by atoms with Crippen LogP contribution in [-0.4, -0.2) is 40.0 Å². The van der Waals surface area contributed by atoms with E-state index in [0.29, 0.717) is 28.7 Å². The first-order chi connectivity index (χ1) is 14.1. The molecule has 0 radical (unpaired) electrons. The summed E-state index contributed by atoms with van der Waals surface area (Å²) in [4.78, 5) is 28.1. The summed E-state index contributed by atoms with van der Waals surface area (Å²) in [5, 5.41) is 14.7. The van der Waals surface area contributed by atoms with Crippen molar-refractivity contribution in [1.29, 1.82) is 0 Å². The molecule has 3 aromatic rings. The average molecular weight is 447 g/mol. The van der Waals surface area contributed by atoms with Gasteiger partial charge in [0.15, 0.2) is 0 Å². The van der Waals surface area contributed by atoms with Gasteiger partial charge in [-0.3, -0.25) is 9.59 Å². The van der Waals surface area contributed by atoms with Crippen LogP contribution >= 0.6 is 34.3 Å². The maximum absolute atomic E-state index is 12.6. The normalized spacial score (nSPS) is 16.6. The highest BCUT2D eigenvalue weighted by Crippen LogP contribution is 2.30. The van der Waals surface area contributed by atoms with Crippen molar-refractivity contribution in [2.45, 2.75) is 25.2 Å². The molecule has 0 spiro atoms. The first kappa shape index (κ1) is 20.0. The van der Waals surface area contributed by atoms with E-state index in [9.17, 15) is 9.59 Å². The topological polar surface area (TPSA) is 75.2 Å². The van der Waals surface area contributed by atoms with Crippen molar-refractivity contribution in [3.63, 3.8) is 0 Å². The van der Waals surface area contributed by atoms with E-state index < -0.39 is 0 Å². The molecule has 1 atom stereocenters. The second kappa shape index (κ2) is 9.02. The van der Waals surface area contributed by atoms with Crippen molar-refractivity contribution in [3.8, 4) is 0 Å². The quantitative estimate of drug-likeness (QED) is 0.628. The smallest absolute Gasteiger partial charge is 0.286 e. The molecule has 1 aliphatic heterocycles. The number of hydrogen-bond acceptors (Lipinski definition) is 6. The minimum absolute atomic E-state index is 0.112. The molecular formula is C20H19ClN4O2S2. The van der Waals surface area contributed by atoms with Gasteiger partial charge in [-0.25, -0.2) is 0 Å². The molecule has 9 heteroatoms. The van der Waals surface area contributed by atoms with E-state index in [1.165, 1.54) is 11.3 Å². The van der Waals surface area contributed by atoms with Gasteiger partial charge in [-0.1, -0.05) is 35.1 Å². The molecule has 0 aliphatic carbocycles. The number of likely N-dealkylation sites (tertiary alicyclic amines) is 1. The predicted octanol–water partition coefficient (Wildman–Crippen LogP) is 4.45. The van der Waals surface area contributed by atoms with Crippen LogP contribution in [0.2, 0.25) is 5.02 Å². The molecular weight excluding hydrogens is 428 g/mol. The molecule has 2 aromatic heterocycles. The van der Waals surface area contributed by atoms with Gasteiger partial charge in [-0.15, -0.1) is 21.5 Å². The van der Waals surface area contributed by atoms with E-state index >= 15 is 0 Å². The number of rotatable bonds is 5. The molecule has 1 N–H and O–H groups in total. The summed E-state index contributed by atoms with van der Waals surface area (Å²) in [5.74, 6) is -0.0562. The Kier molecular flexibility index (Phi) is 6.22. The van der Waals surface area contributed by atoms with Gasteiger partial charge in [0.1, 0.15) is 5.01 Å². The molecule has 4 rings (SSSR count). The fourth-order valence-electron chi connectivity index (χ4n) is 3.32. The molecule has 1 aliphatic rings. The van der Waals surface area contributed by atoms with Crippen LogP contribution in [0, 0.1) is 0 Å². The molecule has 2 amide bonds. The number of nitrogens with zero attached hydrogens (tertiary/aromatic N) is 3. The number of anilines is 1. The van der Waals surface area contributed by atoms with Crippen molar-refractivity contribution in [3.05, 3.63) is 61.7 Å². The van der Waals surface area contributed by atoms with E-state index in [1.54, 1.807) is 35.6 Å². The van der Waals surface area contributed by atoms with Gasteiger partial charge in [0.2, 0.25) is 10.9 Å². The Morgan fingerprint density at radius 2 is 2.14 bits per heavy atom. The van der Waals surface area contributed by atoms with Crippen molar-refractivity contribution >= 4 is 51.8 Å². The predicted molar refractivity (Wildman–Crippen MR) is 116 cm³/mol. The highest BCUT2D eigenvalue weighted by molar-refractivity contribution is 7.13. The van der Waals surface area contributed by atoms with Gasteiger partial charge < -0.3 is 10.2 Å². The van der Waals surface area contributed by atoms with Crippen LogP contribution in [0.1, 0.15) is 38.4 Å². The Morgan fingerprint density at radius 3 is 2.93 bits per heavy atom. The maximum atomic E-state index is 12.6. The highest BCUT2D eigenvalue weighted by Gasteiger charge is 2.28. The number of piperidine rings is 1. The third-order valence-electron chi connectivity index (χ3n) is 4.75. The van der Waals surface area contributed by atoms with Gasteiger partial charge >= 0.3 is 0 Å². The molecule has 1 aromatic carbocycles. The van der Waals surface area contributed by atoms with Gasteiger partial charge in [0.05, 0.1) is 6.42 Å². The zero-order valence-corrected chi connectivity index (χ0v) is 17.9. The highest BCUT2D eigenvalue weighted by atomic mass is 35.5. The number of thiophene rings is 1. The lowest BCUT2D eigenvalue weighted by Crippen LogP contribution is -2.39. The summed E-state index contributed by atoms with van der Waals surface area (Å²) in [6.45, 7) is 1.39. The molecule has 29 heavy (non-hydrogen) atoms. The van der Waals surface area contributed by atoms with Crippen molar-refractivity contribution in [2.75, 3.05) is 18.4 Å². The van der Waals surface area contributed by atoms with Crippen LogP contribution in [0.5, 0.6) is 0 Å². The van der Waals surface area contributed by atoms with Gasteiger partial charge in [-0.05, 0) is 42.5 Å². The van der Waals surface area contributed by atoms with Crippen LogP contribution in [0.25, 0.3) is 0 Å². The van der Waals surface area contributed by atoms with E-state index in [-0.39, 0.29) is 17.7 Å². The lowest BCUT2D eigenvalue weighted by Gasteiger charge is -2.31. The summed E-state index contributed by atoms with van der Waals surface area (Å²) in [6.07, 6.45) is 2.30. The summed E-state index contributed by atoms with van der Waals surface area (Å²) < 4.78 is 0. The van der Waals surface area contributed by atoms with E-state index in [2.05, 4.69) is 15.5 Å². The molecule has 0 bridgehead atoms. The number of amides is 2. The maximum Gasteiger partial charge on any atom is 0.286 e. The van der Waals surface area contributed by atoms with Crippen molar-refractivity contribution in [1.82, 2.24) is 15.1 Å². The first-order valence-electron chi connectivity index (χ1n) is 9.29. The lowest BCUT2D eigenvalue weighted by atomic mass is 9.98. The fraction of sp³-hybridized carbons (Fsp3) is 0.300. The molecule has 1 saturated heterocycles. The van der Waals surface area contributed by atoms with Crippen LogP contribution < -0.4 is 5.32 Å². The van der Waals surface area contributed by atoms with Crippen molar-refractivity contribution < 1.29 is 9.59 Å². The van der Waals surface area contributed by atoms with Gasteiger partial charge in [0.25, 0.3) is 5.91 Å². The molecule has 150 valence electrons. The van der Waals surface area contributed by atoms with E-state index in [0.717, 1.165) is 29.3 Å². The van der Waals surface area contributed by atoms with E-state index in [1.807, 2.05) is 22.4 Å². The third kappa shape index (κ3) is 5.01. The van der Waals surface area contributed by atoms with Crippen LogP contribution in [-0.2, 0) is 11.2 Å². The van der Waals surface area contributed by atoms with Crippen molar-refractivity contribution in [2.24, 2.45) is 0 Å². The number of halogens is 1. The zero-order chi connectivity index (χ0) is 20.2. The lowest BCUT2D eigenvalue weighted by molar-refractivity contribution is -0.131. The van der Waals surface area contributed by atoms with E-state index in [4.69, 9.17) is 11.6 Å². The average Bonchev–Trinajstić information content (AvgIpc) is 3.40. The van der Waals surface area contributed by atoms with Crippen LogP contribution in [0.4, 0.5) is 5.69 Å². The molecule has 0 unspecified atom stereocenters. The molecule has 1 fully saturated rings. The number of aromatic nitrogens is 2. The monoisotopic (exact) mass is 446 g/mol. The zero-order valence-electron chi connectivity index (χ0n) is 15.5. The second-order valence-corrected chi connectivity index (χ2v) is 9.32. The standard InChI is InChI=1S/C20H19ClN4O2S2/c21-14-5-1-6-15(10-14)22-18(27)20-24-23-19(29-20)13-4-2-8-25(12-13)17(26)11-16-7-3-9-28-16/h1,3,5-7,9-10,13H,2,4,8,11-12H2,(H,22,27)/t13-/m1/s1. The minimum Gasteiger partial charge on any atom is -0.342 e. The van der Waals surface area contributed by atoms with Gasteiger partial charge in [0, 0.05) is 34.6 Å². The summed E-state index contributed by atoms with van der Waals surface area (Å²) >= 11 is 8.84. The molecule has 0 saturated carbocycles.